The molecule has 1 fully saturated rings. The Balaban J connectivity index is 1.50. The van der Waals surface area contributed by atoms with Gasteiger partial charge in [-0.15, -0.1) is 5.10 Å². The van der Waals surface area contributed by atoms with Gasteiger partial charge < -0.3 is 14.4 Å². The second-order valence-electron chi connectivity index (χ2n) is 5.94. The summed E-state index contributed by atoms with van der Waals surface area (Å²) in [5.74, 6) is 1.98. The Bertz CT molecular complexity index is 660. The fraction of sp³-hybridized carbons (Fsp3) is 0.471. The van der Waals surface area contributed by atoms with Crippen molar-refractivity contribution in [1.82, 2.24) is 19.9 Å². The van der Waals surface area contributed by atoms with E-state index < -0.39 is 0 Å². The van der Waals surface area contributed by atoms with Gasteiger partial charge in [0.2, 0.25) is 5.91 Å². The molecule has 0 spiro atoms. The molecule has 1 atom stereocenters. The lowest BCUT2D eigenvalue weighted by Gasteiger charge is -2.32. The van der Waals surface area contributed by atoms with E-state index in [1.807, 2.05) is 29.2 Å². The van der Waals surface area contributed by atoms with Gasteiger partial charge in [-0.1, -0.05) is 11.3 Å². The van der Waals surface area contributed by atoms with E-state index in [4.69, 9.17) is 9.47 Å². The number of likely N-dealkylation sites (tertiary alicyclic amines) is 1. The van der Waals surface area contributed by atoms with Crippen LogP contribution in [0.1, 0.15) is 12.8 Å². The predicted molar refractivity (Wildman–Crippen MR) is 87.8 cm³/mol. The molecule has 1 saturated heterocycles. The van der Waals surface area contributed by atoms with Gasteiger partial charge in [0.15, 0.2) is 0 Å². The fourth-order valence-electron chi connectivity index (χ4n) is 2.89. The molecule has 7 heteroatoms. The first-order valence-electron chi connectivity index (χ1n) is 8.13. The summed E-state index contributed by atoms with van der Waals surface area (Å²) < 4.78 is 12.6. The Morgan fingerprint density at radius 2 is 2.25 bits per heavy atom. The van der Waals surface area contributed by atoms with Crippen LogP contribution >= 0.6 is 0 Å². The van der Waals surface area contributed by atoms with Crippen molar-refractivity contribution in [2.45, 2.75) is 19.4 Å². The number of ether oxygens (including phenoxy) is 2. The van der Waals surface area contributed by atoms with Crippen LogP contribution in [-0.4, -0.2) is 52.6 Å². The van der Waals surface area contributed by atoms with Gasteiger partial charge in [0.1, 0.15) is 18.0 Å². The summed E-state index contributed by atoms with van der Waals surface area (Å²) in [5, 5.41) is 7.57. The topological polar surface area (TPSA) is 69.5 Å². The Kier molecular flexibility index (Phi) is 5.30. The third-order valence-electron chi connectivity index (χ3n) is 4.17. The van der Waals surface area contributed by atoms with Crippen molar-refractivity contribution >= 4 is 5.91 Å². The molecule has 1 aromatic carbocycles. The first-order valence-corrected chi connectivity index (χ1v) is 8.13. The van der Waals surface area contributed by atoms with Crippen molar-refractivity contribution in [2.75, 3.05) is 26.8 Å². The van der Waals surface area contributed by atoms with Gasteiger partial charge in [-0.3, -0.25) is 4.79 Å². The lowest BCUT2D eigenvalue weighted by atomic mass is 9.99. The molecule has 2 aromatic rings. The smallest absolute Gasteiger partial charge is 0.244 e. The van der Waals surface area contributed by atoms with Gasteiger partial charge in [0.25, 0.3) is 0 Å². The highest BCUT2D eigenvalue weighted by atomic mass is 16.5. The van der Waals surface area contributed by atoms with Crippen LogP contribution in [0.3, 0.4) is 0 Å². The number of nitrogens with zero attached hydrogens (tertiary/aromatic N) is 4. The molecule has 7 nitrogen and oxygen atoms in total. The van der Waals surface area contributed by atoms with E-state index in [9.17, 15) is 4.79 Å². The standard InChI is InChI=1S/C17H22N4O3/c1-23-15-5-2-6-16(10-15)24-13-14-4-3-8-20(11-14)17(22)12-21-9-7-18-19-21/h2,5-7,9-10,14H,3-4,8,11-13H2,1H3/t14-/m0/s1. The maximum atomic E-state index is 12.3. The minimum Gasteiger partial charge on any atom is -0.497 e. The van der Waals surface area contributed by atoms with Crippen molar-refractivity contribution in [3.05, 3.63) is 36.7 Å². The predicted octanol–water partition coefficient (Wildman–Crippen LogP) is 1.60. The molecule has 0 N–H and O–H groups in total. The van der Waals surface area contributed by atoms with Crippen molar-refractivity contribution in [3.63, 3.8) is 0 Å². The number of carbonyl (C=O) groups is 1. The number of methoxy groups -OCH3 is 1. The molecule has 128 valence electrons. The summed E-state index contributed by atoms with van der Waals surface area (Å²) in [6.45, 7) is 2.35. The first kappa shape index (κ1) is 16.3. The molecule has 2 heterocycles. The van der Waals surface area contributed by atoms with Gasteiger partial charge in [0, 0.05) is 31.3 Å². The zero-order valence-corrected chi connectivity index (χ0v) is 13.8. The van der Waals surface area contributed by atoms with Crippen molar-refractivity contribution < 1.29 is 14.3 Å². The van der Waals surface area contributed by atoms with Crippen molar-refractivity contribution in [1.29, 1.82) is 0 Å². The molecule has 0 radical (unpaired) electrons. The van der Waals surface area contributed by atoms with Crippen LogP contribution in [0.15, 0.2) is 36.7 Å². The molecule has 24 heavy (non-hydrogen) atoms. The largest absolute Gasteiger partial charge is 0.497 e. The second-order valence-corrected chi connectivity index (χ2v) is 5.94. The summed E-state index contributed by atoms with van der Waals surface area (Å²) in [6.07, 6.45) is 5.34. The number of rotatable bonds is 6. The Labute approximate surface area is 141 Å². The van der Waals surface area contributed by atoms with E-state index in [0.29, 0.717) is 12.5 Å². The van der Waals surface area contributed by atoms with E-state index in [-0.39, 0.29) is 12.5 Å². The highest BCUT2D eigenvalue weighted by Crippen LogP contribution is 2.22. The zero-order valence-electron chi connectivity index (χ0n) is 13.8. The normalized spacial score (nSPS) is 17.5. The number of carbonyl (C=O) groups excluding carboxylic acids is 1. The summed E-state index contributed by atoms with van der Waals surface area (Å²) in [4.78, 5) is 14.2. The third kappa shape index (κ3) is 4.24. The molecule has 1 amide bonds. The minimum absolute atomic E-state index is 0.0755. The average molecular weight is 330 g/mol. The van der Waals surface area contributed by atoms with Crippen LogP contribution in [-0.2, 0) is 11.3 Å². The number of aromatic nitrogens is 3. The van der Waals surface area contributed by atoms with Crippen LogP contribution < -0.4 is 9.47 Å². The van der Waals surface area contributed by atoms with Crippen LogP contribution in [0, 0.1) is 5.92 Å². The number of piperidine rings is 1. The van der Waals surface area contributed by atoms with Crippen LogP contribution in [0.5, 0.6) is 11.5 Å². The van der Waals surface area contributed by atoms with E-state index in [0.717, 1.165) is 37.4 Å². The molecule has 1 aromatic heterocycles. The number of amides is 1. The molecule has 1 aliphatic rings. The van der Waals surface area contributed by atoms with Crippen molar-refractivity contribution in [3.8, 4) is 11.5 Å². The molecule has 0 unspecified atom stereocenters. The number of hydrogen-bond donors (Lipinski definition) is 0. The summed E-state index contributed by atoms with van der Waals surface area (Å²) >= 11 is 0. The van der Waals surface area contributed by atoms with Crippen molar-refractivity contribution in [2.24, 2.45) is 5.92 Å². The second kappa shape index (κ2) is 7.81. The summed E-state index contributed by atoms with van der Waals surface area (Å²) in [6, 6.07) is 7.58. The van der Waals surface area contributed by atoms with E-state index in [2.05, 4.69) is 10.3 Å². The van der Waals surface area contributed by atoms with Crippen LogP contribution in [0.25, 0.3) is 0 Å². The maximum Gasteiger partial charge on any atom is 0.244 e. The Morgan fingerprint density at radius 3 is 3.04 bits per heavy atom. The van der Waals surface area contributed by atoms with E-state index in [1.165, 1.54) is 0 Å². The van der Waals surface area contributed by atoms with Gasteiger partial charge in [-0.25, -0.2) is 4.68 Å². The van der Waals surface area contributed by atoms with Gasteiger partial charge >= 0.3 is 0 Å². The zero-order chi connectivity index (χ0) is 16.8. The molecule has 0 aliphatic carbocycles. The minimum atomic E-state index is 0.0755. The Morgan fingerprint density at radius 1 is 1.38 bits per heavy atom. The van der Waals surface area contributed by atoms with E-state index >= 15 is 0 Å². The molecular formula is C17H22N4O3. The molecule has 1 aliphatic heterocycles. The fourth-order valence-corrected chi connectivity index (χ4v) is 2.89. The van der Waals surface area contributed by atoms with Crippen LogP contribution in [0.2, 0.25) is 0 Å². The molecule has 3 rings (SSSR count). The number of benzene rings is 1. The monoisotopic (exact) mass is 330 g/mol. The highest BCUT2D eigenvalue weighted by Gasteiger charge is 2.24. The molecule has 0 saturated carbocycles. The Hall–Kier alpha value is -2.57. The molecular weight excluding hydrogens is 308 g/mol. The van der Waals surface area contributed by atoms with Crippen LogP contribution in [0.4, 0.5) is 0 Å². The van der Waals surface area contributed by atoms with Gasteiger partial charge in [-0.2, -0.15) is 0 Å². The van der Waals surface area contributed by atoms with Gasteiger partial charge in [-0.05, 0) is 25.0 Å². The van der Waals surface area contributed by atoms with Gasteiger partial charge in [0.05, 0.1) is 19.9 Å². The maximum absolute atomic E-state index is 12.3. The first-order chi connectivity index (χ1) is 11.7. The third-order valence-corrected chi connectivity index (χ3v) is 4.17. The quantitative estimate of drug-likeness (QED) is 0.805. The lowest BCUT2D eigenvalue weighted by Crippen LogP contribution is -2.43. The SMILES string of the molecule is COc1cccc(OC[C@H]2CCCN(C(=O)Cn3ccnn3)C2)c1. The highest BCUT2D eigenvalue weighted by molar-refractivity contribution is 5.76. The lowest BCUT2D eigenvalue weighted by molar-refractivity contribution is -0.134. The molecule has 0 bridgehead atoms. The average Bonchev–Trinajstić information content (AvgIpc) is 3.13. The number of hydrogen-bond acceptors (Lipinski definition) is 5. The summed E-state index contributed by atoms with van der Waals surface area (Å²) in [5.41, 5.74) is 0. The summed E-state index contributed by atoms with van der Waals surface area (Å²) in [7, 11) is 1.64. The van der Waals surface area contributed by atoms with E-state index in [1.54, 1.807) is 24.2 Å².